The van der Waals surface area contributed by atoms with Crippen LogP contribution in [-0.2, 0) is 20.0 Å². The van der Waals surface area contributed by atoms with Gasteiger partial charge in [0, 0.05) is 26.1 Å². The predicted molar refractivity (Wildman–Crippen MR) is 60.4 cm³/mol. The molecule has 0 radical (unpaired) electrons. The number of aromatic nitrogens is 2. The summed E-state index contributed by atoms with van der Waals surface area (Å²) in [6, 6.07) is 2.73. The Kier molecular flexibility index (Phi) is 3.38. The zero-order chi connectivity index (χ0) is 10.7. The van der Waals surface area contributed by atoms with Gasteiger partial charge in [-0.25, -0.2) is 0 Å². The summed E-state index contributed by atoms with van der Waals surface area (Å²) in [6.07, 6.45) is 4.96. The van der Waals surface area contributed by atoms with Gasteiger partial charge in [-0.15, -0.1) is 0 Å². The van der Waals surface area contributed by atoms with Crippen molar-refractivity contribution in [1.82, 2.24) is 15.1 Å². The molecule has 2 rings (SSSR count). The Bertz CT molecular complexity index is 312. The molecule has 1 aliphatic heterocycles. The van der Waals surface area contributed by atoms with Gasteiger partial charge in [0.25, 0.3) is 0 Å². The minimum absolute atomic E-state index is 0.571. The van der Waals surface area contributed by atoms with Crippen molar-refractivity contribution in [2.24, 2.45) is 12.8 Å². The molecule has 3 N–H and O–H groups in total. The van der Waals surface area contributed by atoms with E-state index in [1.165, 1.54) is 19.3 Å². The van der Waals surface area contributed by atoms with Gasteiger partial charge in [-0.1, -0.05) is 6.42 Å². The molecule has 0 spiro atoms. The van der Waals surface area contributed by atoms with Crippen LogP contribution in [0.4, 0.5) is 0 Å². The van der Waals surface area contributed by atoms with E-state index < -0.39 is 0 Å². The van der Waals surface area contributed by atoms with Crippen LogP contribution in [0.15, 0.2) is 6.07 Å². The molecule has 1 unspecified atom stereocenters. The molecule has 1 fully saturated rings. The van der Waals surface area contributed by atoms with E-state index in [0.717, 1.165) is 24.4 Å². The van der Waals surface area contributed by atoms with Crippen LogP contribution in [0.2, 0.25) is 0 Å². The van der Waals surface area contributed by atoms with Gasteiger partial charge in [0.2, 0.25) is 0 Å². The molecule has 2 heterocycles. The van der Waals surface area contributed by atoms with Crippen molar-refractivity contribution in [3.05, 3.63) is 17.5 Å². The van der Waals surface area contributed by atoms with Gasteiger partial charge in [0.05, 0.1) is 11.4 Å². The SMILES string of the molecule is Cn1nc(CC2CCCCN2)cc1CN. The quantitative estimate of drug-likeness (QED) is 0.763. The molecule has 1 aromatic heterocycles. The van der Waals surface area contributed by atoms with Crippen molar-refractivity contribution >= 4 is 0 Å². The third kappa shape index (κ3) is 2.58. The average Bonchev–Trinajstić information content (AvgIpc) is 2.60. The Morgan fingerprint density at radius 2 is 2.47 bits per heavy atom. The Morgan fingerprint density at radius 3 is 3.07 bits per heavy atom. The summed E-state index contributed by atoms with van der Waals surface area (Å²) in [5.74, 6) is 0. The Balaban J connectivity index is 1.97. The summed E-state index contributed by atoms with van der Waals surface area (Å²) in [5, 5.41) is 8.01. The summed E-state index contributed by atoms with van der Waals surface area (Å²) >= 11 is 0. The smallest absolute Gasteiger partial charge is 0.0643 e. The van der Waals surface area contributed by atoms with Crippen molar-refractivity contribution in [2.45, 2.75) is 38.3 Å². The summed E-state index contributed by atoms with van der Waals surface area (Å²) in [7, 11) is 1.96. The lowest BCUT2D eigenvalue weighted by Gasteiger charge is -2.22. The number of hydrogen-bond acceptors (Lipinski definition) is 3. The van der Waals surface area contributed by atoms with Crippen LogP contribution in [0.1, 0.15) is 30.7 Å². The zero-order valence-corrected chi connectivity index (χ0v) is 9.37. The molecule has 0 aromatic carbocycles. The lowest BCUT2D eigenvalue weighted by molar-refractivity contribution is 0.396. The fourth-order valence-electron chi connectivity index (χ4n) is 2.21. The molecule has 4 heteroatoms. The van der Waals surface area contributed by atoms with E-state index in [9.17, 15) is 0 Å². The molecule has 0 amide bonds. The number of aryl methyl sites for hydroxylation is 1. The minimum atomic E-state index is 0.571. The molecule has 1 atom stereocenters. The minimum Gasteiger partial charge on any atom is -0.325 e. The number of nitrogens with one attached hydrogen (secondary N) is 1. The molecule has 4 nitrogen and oxygen atoms in total. The number of piperidine rings is 1. The van der Waals surface area contributed by atoms with E-state index in [4.69, 9.17) is 5.73 Å². The van der Waals surface area contributed by atoms with Crippen LogP contribution >= 0.6 is 0 Å². The second-order valence-electron chi connectivity index (χ2n) is 4.31. The molecular formula is C11H20N4. The van der Waals surface area contributed by atoms with Crippen LogP contribution in [0.3, 0.4) is 0 Å². The summed E-state index contributed by atoms with van der Waals surface area (Å²) in [4.78, 5) is 0. The molecule has 0 saturated carbocycles. The van der Waals surface area contributed by atoms with E-state index in [2.05, 4.69) is 16.5 Å². The third-order valence-corrected chi connectivity index (χ3v) is 3.10. The van der Waals surface area contributed by atoms with Crippen molar-refractivity contribution in [1.29, 1.82) is 0 Å². The Morgan fingerprint density at radius 1 is 1.60 bits per heavy atom. The van der Waals surface area contributed by atoms with Gasteiger partial charge in [0.15, 0.2) is 0 Å². The lowest BCUT2D eigenvalue weighted by Crippen LogP contribution is -2.35. The monoisotopic (exact) mass is 208 g/mol. The zero-order valence-electron chi connectivity index (χ0n) is 9.37. The number of hydrogen-bond donors (Lipinski definition) is 2. The van der Waals surface area contributed by atoms with Gasteiger partial charge in [-0.2, -0.15) is 5.10 Å². The van der Waals surface area contributed by atoms with Gasteiger partial charge in [0.1, 0.15) is 0 Å². The third-order valence-electron chi connectivity index (χ3n) is 3.10. The maximum atomic E-state index is 5.62. The summed E-state index contributed by atoms with van der Waals surface area (Å²) in [6.45, 7) is 1.73. The van der Waals surface area contributed by atoms with Crippen LogP contribution in [0.25, 0.3) is 0 Å². The van der Waals surface area contributed by atoms with Crippen LogP contribution in [0, 0.1) is 0 Å². The van der Waals surface area contributed by atoms with E-state index >= 15 is 0 Å². The Labute approximate surface area is 90.8 Å². The highest BCUT2D eigenvalue weighted by atomic mass is 15.3. The number of nitrogens with zero attached hydrogens (tertiary/aromatic N) is 2. The second-order valence-corrected chi connectivity index (χ2v) is 4.31. The highest BCUT2D eigenvalue weighted by Gasteiger charge is 2.14. The van der Waals surface area contributed by atoms with Crippen LogP contribution < -0.4 is 11.1 Å². The molecule has 1 aliphatic rings. The predicted octanol–water partition coefficient (Wildman–Crippen LogP) is 0.563. The summed E-state index contributed by atoms with van der Waals surface area (Å²) in [5.41, 5.74) is 7.90. The summed E-state index contributed by atoms with van der Waals surface area (Å²) < 4.78 is 1.89. The molecule has 84 valence electrons. The second kappa shape index (κ2) is 4.77. The first-order valence-electron chi connectivity index (χ1n) is 5.75. The highest BCUT2D eigenvalue weighted by Crippen LogP contribution is 2.12. The van der Waals surface area contributed by atoms with E-state index in [-0.39, 0.29) is 0 Å². The maximum Gasteiger partial charge on any atom is 0.0643 e. The normalized spacial score (nSPS) is 21.9. The van der Waals surface area contributed by atoms with E-state index in [1.54, 1.807) is 0 Å². The van der Waals surface area contributed by atoms with Gasteiger partial charge < -0.3 is 11.1 Å². The van der Waals surface area contributed by atoms with Crippen molar-refractivity contribution in [3.63, 3.8) is 0 Å². The maximum absolute atomic E-state index is 5.62. The molecule has 1 saturated heterocycles. The van der Waals surface area contributed by atoms with Crippen molar-refractivity contribution in [3.8, 4) is 0 Å². The first-order valence-corrected chi connectivity index (χ1v) is 5.75. The lowest BCUT2D eigenvalue weighted by atomic mass is 10.0. The van der Waals surface area contributed by atoms with Gasteiger partial charge >= 0.3 is 0 Å². The van der Waals surface area contributed by atoms with Gasteiger partial charge in [-0.05, 0) is 25.5 Å². The van der Waals surface area contributed by atoms with Gasteiger partial charge in [-0.3, -0.25) is 4.68 Å². The van der Waals surface area contributed by atoms with Crippen LogP contribution in [0.5, 0.6) is 0 Å². The fourth-order valence-corrected chi connectivity index (χ4v) is 2.21. The largest absolute Gasteiger partial charge is 0.325 e. The first-order chi connectivity index (χ1) is 7.29. The standard InChI is InChI=1S/C11H20N4/c1-15-11(8-12)7-10(14-15)6-9-4-2-3-5-13-9/h7,9,13H,2-6,8,12H2,1H3. The molecule has 1 aromatic rings. The number of nitrogens with two attached hydrogens (primary N) is 1. The molecule has 0 aliphatic carbocycles. The van der Waals surface area contributed by atoms with E-state index in [1.807, 2.05) is 11.7 Å². The fraction of sp³-hybridized carbons (Fsp3) is 0.727. The first kappa shape index (κ1) is 10.6. The topological polar surface area (TPSA) is 55.9 Å². The molecule has 0 bridgehead atoms. The van der Waals surface area contributed by atoms with Crippen molar-refractivity contribution in [2.75, 3.05) is 6.54 Å². The molecule has 15 heavy (non-hydrogen) atoms. The number of rotatable bonds is 3. The van der Waals surface area contributed by atoms with E-state index in [0.29, 0.717) is 12.6 Å². The average molecular weight is 208 g/mol. The van der Waals surface area contributed by atoms with Crippen LogP contribution in [-0.4, -0.2) is 22.4 Å². The van der Waals surface area contributed by atoms with Crippen molar-refractivity contribution < 1.29 is 0 Å². The highest BCUT2D eigenvalue weighted by molar-refractivity contribution is 5.11. The molecular weight excluding hydrogens is 188 g/mol. The Hall–Kier alpha value is -0.870.